The van der Waals surface area contributed by atoms with Gasteiger partial charge in [0.25, 0.3) is 0 Å². The summed E-state index contributed by atoms with van der Waals surface area (Å²) in [5.41, 5.74) is 5.68. The first-order valence-electron chi connectivity index (χ1n) is 7.46. The van der Waals surface area contributed by atoms with Crippen molar-refractivity contribution in [1.82, 2.24) is 9.80 Å². The van der Waals surface area contributed by atoms with Crippen LogP contribution < -0.4 is 5.73 Å². The minimum atomic E-state index is 0.314. The Morgan fingerprint density at radius 2 is 2.06 bits per heavy atom. The van der Waals surface area contributed by atoms with E-state index < -0.39 is 0 Å². The molecule has 104 valence electrons. The summed E-state index contributed by atoms with van der Waals surface area (Å²) in [5, 5.41) is 0. The van der Waals surface area contributed by atoms with E-state index in [9.17, 15) is 4.79 Å². The zero-order valence-corrected chi connectivity index (χ0v) is 11.6. The van der Waals surface area contributed by atoms with Gasteiger partial charge in [-0.1, -0.05) is 13.3 Å². The summed E-state index contributed by atoms with van der Waals surface area (Å²) >= 11 is 0. The van der Waals surface area contributed by atoms with Crippen LogP contribution in [0.3, 0.4) is 0 Å². The van der Waals surface area contributed by atoms with Crippen LogP contribution in [0.1, 0.15) is 39.0 Å². The van der Waals surface area contributed by atoms with Gasteiger partial charge in [-0.3, -0.25) is 9.69 Å². The van der Waals surface area contributed by atoms with E-state index >= 15 is 0 Å². The van der Waals surface area contributed by atoms with Crippen LogP contribution in [0.5, 0.6) is 0 Å². The molecule has 0 aromatic heterocycles. The van der Waals surface area contributed by atoms with Gasteiger partial charge in [-0.05, 0) is 44.8 Å². The molecule has 2 aliphatic heterocycles. The van der Waals surface area contributed by atoms with Crippen molar-refractivity contribution in [3.05, 3.63) is 0 Å². The van der Waals surface area contributed by atoms with Crippen LogP contribution in [-0.2, 0) is 4.79 Å². The van der Waals surface area contributed by atoms with Gasteiger partial charge in [0.15, 0.2) is 0 Å². The molecule has 1 amide bonds. The maximum Gasteiger partial charge on any atom is 0.222 e. The van der Waals surface area contributed by atoms with Gasteiger partial charge < -0.3 is 10.6 Å². The Bertz CT molecular complexity index is 272. The molecule has 2 N–H and O–H groups in total. The van der Waals surface area contributed by atoms with Gasteiger partial charge in [-0.25, -0.2) is 0 Å². The van der Waals surface area contributed by atoms with Crippen LogP contribution in [-0.4, -0.2) is 54.5 Å². The van der Waals surface area contributed by atoms with Crippen molar-refractivity contribution in [3.63, 3.8) is 0 Å². The fourth-order valence-corrected chi connectivity index (χ4v) is 3.14. The highest BCUT2D eigenvalue weighted by atomic mass is 16.2. The van der Waals surface area contributed by atoms with Crippen molar-refractivity contribution in [2.45, 2.75) is 45.1 Å². The Kier molecular flexibility index (Phi) is 5.01. The monoisotopic (exact) mass is 253 g/mol. The molecule has 2 aliphatic rings. The molecule has 0 aromatic carbocycles. The number of likely N-dealkylation sites (tertiary alicyclic amines) is 2. The molecule has 2 fully saturated rings. The molecule has 0 radical (unpaired) electrons. The van der Waals surface area contributed by atoms with E-state index in [0.29, 0.717) is 30.8 Å². The lowest BCUT2D eigenvalue weighted by atomic mass is 10.0. The molecule has 0 aliphatic carbocycles. The average molecular weight is 253 g/mol. The molecule has 2 atom stereocenters. The lowest BCUT2D eigenvalue weighted by molar-refractivity contribution is -0.131. The topological polar surface area (TPSA) is 49.6 Å². The quantitative estimate of drug-likeness (QED) is 0.797. The second-order valence-corrected chi connectivity index (χ2v) is 5.74. The van der Waals surface area contributed by atoms with Crippen LogP contribution in [0.25, 0.3) is 0 Å². The Morgan fingerprint density at radius 1 is 1.33 bits per heavy atom. The van der Waals surface area contributed by atoms with E-state index in [1.165, 1.54) is 25.9 Å². The first-order chi connectivity index (χ1) is 8.74. The third-order valence-corrected chi connectivity index (χ3v) is 4.55. The van der Waals surface area contributed by atoms with Crippen molar-refractivity contribution in [2.24, 2.45) is 11.7 Å². The maximum atomic E-state index is 12.2. The fraction of sp³-hybridized carbons (Fsp3) is 0.929. The zero-order chi connectivity index (χ0) is 13.0. The minimum Gasteiger partial charge on any atom is -0.341 e. The molecule has 0 bridgehead atoms. The first kappa shape index (κ1) is 13.8. The fourth-order valence-electron chi connectivity index (χ4n) is 3.14. The number of hydrogen-bond donors (Lipinski definition) is 1. The Morgan fingerprint density at radius 3 is 2.67 bits per heavy atom. The van der Waals surface area contributed by atoms with Crippen molar-refractivity contribution < 1.29 is 4.79 Å². The molecular formula is C14H27N3O. The molecule has 0 spiro atoms. The molecule has 4 heteroatoms. The number of rotatable bonds is 5. The normalized spacial score (nSPS) is 26.8. The maximum absolute atomic E-state index is 12.2. The Hall–Kier alpha value is -0.610. The number of nitrogens with zero attached hydrogens (tertiary/aromatic N) is 2. The van der Waals surface area contributed by atoms with Crippen LogP contribution in [0, 0.1) is 5.92 Å². The van der Waals surface area contributed by atoms with Gasteiger partial charge >= 0.3 is 0 Å². The standard InChI is InChI=1S/C14H27N3O/c1-2-12(10-15)9-14(18)17-8-5-13(11-17)16-6-3-4-7-16/h12-13H,2-11,15H2,1H3. The Labute approximate surface area is 110 Å². The second-order valence-electron chi connectivity index (χ2n) is 5.74. The summed E-state index contributed by atoms with van der Waals surface area (Å²) in [5.74, 6) is 0.678. The van der Waals surface area contributed by atoms with Crippen LogP contribution in [0.4, 0.5) is 0 Å². The predicted molar refractivity (Wildman–Crippen MR) is 73.2 cm³/mol. The van der Waals surface area contributed by atoms with Gasteiger partial charge in [0.1, 0.15) is 0 Å². The number of nitrogens with two attached hydrogens (primary N) is 1. The second kappa shape index (κ2) is 6.53. The van der Waals surface area contributed by atoms with Gasteiger partial charge in [-0.15, -0.1) is 0 Å². The van der Waals surface area contributed by atoms with E-state index in [0.717, 1.165) is 25.9 Å². The lowest BCUT2D eigenvalue weighted by Crippen LogP contribution is -2.37. The summed E-state index contributed by atoms with van der Waals surface area (Å²) in [6.45, 7) is 7.09. The molecule has 2 unspecified atom stereocenters. The highest BCUT2D eigenvalue weighted by molar-refractivity contribution is 5.76. The van der Waals surface area contributed by atoms with Crippen LogP contribution in [0.15, 0.2) is 0 Å². The number of amides is 1. The SMILES string of the molecule is CCC(CN)CC(=O)N1CCC(N2CCCC2)C1. The van der Waals surface area contributed by atoms with E-state index in [2.05, 4.69) is 16.7 Å². The van der Waals surface area contributed by atoms with Crippen LogP contribution >= 0.6 is 0 Å². The number of hydrogen-bond acceptors (Lipinski definition) is 3. The summed E-state index contributed by atoms with van der Waals surface area (Å²) in [7, 11) is 0. The largest absolute Gasteiger partial charge is 0.341 e. The molecular weight excluding hydrogens is 226 g/mol. The van der Waals surface area contributed by atoms with Gasteiger partial charge in [0.05, 0.1) is 0 Å². The Balaban J connectivity index is 1.78. The number of carbonyl (C=O) groups is 1. The van der Waals surface area contributed by atoms with Crippen LogP contribution in [0.2, 0.25) is 0 Å². The van der Waals surface area contributed by atoms with Crippen molar-refractivity contribution in [3.8, 4) is 0 Å². The van der Waals surface area contributed by atoms with Crippen molar-refractivity contribution >= 4 is 5.91 Å². The van der Waals surface area contributed by atoms with Gasteiger partial charge in [0.2, 0.25) is 5.91 Å². The third kappa shape index (κ3) is 3.23. The summed E-state index contributed by atoms with van der Waals surface area (Å²) in [6, 6.07) is 0.620. The molecule has 18 heavy (non-hydrogen) atoms. The zero-order valence-electron chi connectivity index (χ0n) is 11.6. The highest BCUT2D eigenvalue weighted by Crippen LogP contribution is 2.21. The lowest BCUT2D eigenvalue weighted by Gasteiger charge is -2.24. The molecule has 4 nitrogen and oxygen atoms in total. The summed E-state index contributed by atoms with van der Waals surface area (Å²) in [6.07, 6.45) is 5.46. The third-order valence-electron chi connectivity index (χ3n) is 4.55. The molecule has 2 heterocycles. The minimum absolute atomic E-state index is 0.314. The molecule has 0 saturated carbocycles. The summed E-state index contributed by atoms with van der Waals surface area (Å²) < 4.78 is 0. The van der Waals surface area contributed by atoms with E-state index in [4.69, 9.17) is 5.73 Å². The average Bonchev–Trinajstić information content (AvgIpc) is 3.04. The van der Waals surface area contributed by atoms with Gasteiger partial charge in [-0.2, -0.15) is 0 Å². The molecule has 2 rings (SSSR count). The predicted octanol–water partition coefficient (Wildman–Crippen LogP) is 1.06. The molecule has 2 saturated heterocycles. The highest BCUT2D eigenvalue weighted by Gasteiger charge is 2.31. The molecule has 0 aromatic rings. The van der Waals surface area contributed by atoms with Crippen molar-refractivity contribution in [1.29, 1.82) is 0 Å². The smallest absolute Gasteiger partial charge is 0.222 e. The summed E-state index contributed by atoms with van der Waals surface area (Å²) in [4.78, 5) is 16.8. The first-order valence-corrected chi connectivity index (χ1v) is 7.46. The van der Waals surface area contributed by atoms with Gasteiger partial charge in [0, 0.05) is 25.6 Å². The van der Waals surface area contributed by atoms with E-state index in [-0.39, 0.29) is 0 Å². The number of carbonyl (C=O) groups excluding carboxylic acids is 1. The van der Waals surface area contributed by atoms with E-state index in [1.54, 1.807) is 0 Å². The van der Waals surface area contributed by atoms with Crippen molar-refractivity contribution in [2.75, 3.05) is 32.7 Å². The van der Waals surface area contributed by atoms with E-state index in [1.807, 2.05) is 0 Å².